The maximum Gasteiger partial charge on any atom is 0.244 e. The molecule has 1 aromatic rings. The van der Waals surface area contributed by atoms with Crippen LogP contribution in [0.1, 0.15) is 24.4 Å². The summed E-state index contributed by atoms with van der Waals surface area (Å²) in [7, 11) is 0. The largest absolute Gasteiger partial charge is 0.340 e. The Morgan fingerprint density at radius 3 is 2.26 bits per heavy atom. The first-order valence-electron chi connectivity index (χ1n) is 8.85. The van der Waals surface area contributed by atoms with Crippen LogP contribution in [0.15, 0.2) is 30.3 Å². The average Bonchev–Trinajstić information content (AvgIpc) is 2.59. The van der Waals surface area contributed by atoms with E-state index in [0.29, 0.717) is 0 Å². The predicted octanol–water partition coefficient (Wildman–Crippen LogP) is 0.845. The van der Waals surface area contributed by atoms with E-state index in [4.69, 9.17) is 0 Å². The van der Waals surface area contributed by atoms with Gasteiger partial charge in [0.25, 0.3) is 0 Å². The molecule has 2 atom stereocenters. The van der Waals surface area contributed by atoms with Crippen LogP contribution in [0.5, 0.6) is 0 Å². The highest BCUT2D eigenvalue weighted by atomic mass is 16.2. The number of carbonyl (C=O) groups excluding carboxylic acids is 1. The van der Waals surface area contributed by atoms with Crippen molar-refractivity contribution in [3.05, 3.63) is 35.9 Å². The topological polar surface area (TPSA) is 47.6 Å². The van der Waals surface area contributed by atoms with Crippen LogP contribution < -0.4 is 10.6 Å². The number of hydrogen-bond donors (Lipinski definition) is 2. The summed E-state index contributed by atoms with van der Waals surface area (Å²) in [4.78, 5) is 17.4. The van der Waals surface area contributed by atoms with Crippen molar-refractivity contribution < 1.29 is 4.79 Å². The van der Waals surface area contributed by atoms with Crippen LogP contribution in [0.2, 0.25) is 0 Å². The van der Waals surface area contributed by atoms with E-state index >= 15 is 0 Å². The van der Waals surface area contributed by atoms with Gasteiger partial charge >= 0.3 is 0 Å². The monoisotopic (exact) mass is 316 g/mol. The third kappa shape index (κ3) is 4.31. The Morgan fingerprint density at radius 2 is 1.52 bits per heavy atom. The van der Waals surface area contributed by atoms with Crippen molar-refractivity contribution in [3.8, 4) is 0 Å². The fourth-order valence-corrected chi connectivity index (χ4v) is 3.50. The lowest BCUT2D eigenvalue weighted by atomic mass is 10.0. The molecule has 3 aliphatic rings. The number of piperazine rings is 1. The third-order valence-electron chi connectivity index (χ3n) is 4.74. The van der Waals surface area contributed by atoms with Gasteiger partial charge in [0.1, 0.15) is 6.04 Å². The Balaban J connectivity index is 1.76. The van der Waals surface area contributed by atoms with Crippen molar-refractivity contribution in [2.45, 2.75) is 18.9 Å². The second-order valence-corrected chi connectivity index (χ2v) is 6.38. The summed E-state index contributed by atoms with van der Waals surface area (Å²) in [6, 6.07) is 10.1. The Bertz CT molecular complexity index is 489. The third-order valence-corrected chi connectivity index (χ3v) is 4.74. The van der Waals surface area contributed by atoms with E-state index in [0.717, 1.165) is 70.8 Å². The molecule has 4 rings (SSSR count). The maximum atomic E-state index is 13.0. The number of benzene rings is 1. The van der Waals surface area contributed by atoms with Crippen molar-refractivity contribution in [3.63, 3.8) is 0 Å². The van der Waals surface area contributed by atoms with E-state index in [1.807, 2.05) is 18.2 Å². The molecular formula is C18H28N4O. The van der Waals surface area contributed by atoms with Crippen molar-refractivity contribution in [2.24, 2.45) is 0 Å². The first-order chi connectivity index (χ1) is 11.4. The van der Waals surface area contributed by atoms with Crippen molar-refractivity contribution in [1.29, 1.82) is 0 Å². The molecular weight excluding hydrogens is 288 g/mol. The van der Waals surface area contributed by atoms with E-state index in [2.05, 4.69) is 32.6 Å². The molecule has 0 spiro atoms. The summed E-state index contributed by atoms with van der Waals surface area (Å²) in [5.41, 5.74) is 1.13. The zero-order valence-corrected chi connectivity index (χ0v) is 13.8. The van der Waals surface area contributed by atoms with E-state index in [-0.39, 0.29) is 11.9 Å². The summed E-state index contributed by atoms with van der Waals surface area (Å²) >= 11 is 0. The second-order valence-electron chi connectivity index (χ2n) is 6.38. The van der Waals surface area contributed by atoms with Gasteiger partial charge in [0.15, 0.2) is 0 Å². The standard InChI is InChI=1S/C18H28N4O/c23-18-17(16-6-2-1-3-7-16)21-12-4-8-19-10-11-20-9-5-13-22(18)15-14-21/h1-3,6-7,17,19-20H,4-5,8-15H2. The minimum Gasteiger partial charge on any atom is -0.340 e. The first-order valence-corrected chi connectivity index (χ1v) is 8.85. The first kappa shape index (κ1) is 16.4. The number of hydrogen-bond acceptors (Lipinski definition) is 4. The summed E-state index contributed by atoms with van der Waals surface area (Å²) in [5.74, 6) is 0.271. The van der Waals surface area contributed by atoms with E-state index in [9.17, 15) is 4.79 Å². The predicted molar refractivity (Wildman–Crippen MR) is 92.3 cm³/mol. The molecule has 3 fully saturated rings. The second kappa shape index (κ2) is 8.43. The Labute approximate surface area is 139 Å². The van der Waals surface area contributed by atoms with Gasteiger partial charge < -0.3 is 15.5 Å². The number of fused-ring (bicyclic) bond motifs is 11. The molecule has 5 heteroatoms. The van der Waals surface area contributed by atoms with E-state index < -0.39 is 0 Å². The zero-order valence-electron chi connectivity index (χ0n) is 13.8. The zero-order chi connectivity index (χ0) is 15.9. The van der Waals surface area contributed by atoms with Crippen molar-refractivity contribution in [1.82, 2.24) is 20.4 Å². The molecule has 0 radical (unpaired) electrons. The molecule has 3 saturated heterocycles. The Kier molecular flexibility index (Phi) is 6.02. The van der Waals surface area contributed by atoms with Crippen LogP contribution in [-0.4, -0.2) is 68.1 Å². The number of amides is 1. The van der Waals surface area contributed by atoms with E-state index in [1.54, 1.807) is 0 Å². The molecule has 23 heavy (non-hydrogen) atoms. The number of nitrogens with one attached hydrogen (secondary N) is 2. The van der Waals surface area contributed by atoms with Crippen molar-refractivity contribution in [2.75, 3.05) is 52.4 Å². The van der Waals surface area contributed by atoms with Crippen LogP contribution >= 0.6 is 0 Å². The molecule has 2 bridgehead atoms. The lowest BCUT2D eigenvalue weighted by Gasteiger charge is -2.41. The molecule has 1 amide bonds. The normalized spacial score (nSPS) is 27.7. The average molecular weight is 316 g/mol. The Hall–Kier alpha value is -1.43. The van der Waals surface area contributed by atoms with Gasteiger partial charge in [-0.2, -0.15) is 0 Å². The highest BCUT2D eigenvalue weighted by molar-refractivity contribution is 5.84. The number of rotatable bonds is 1. The van der Waals surface area contributed by atoms with Gasteiger partial charge in [0, 0.05) is 39.3 Å². The summed E-state index contributed by atoms with van der Waals surface area (Å²) < 4.78 is 0. The maximum absolute atomic E-state index is 13.0. The fraction of sp³-hybridized carbons (Fsp3) is 0.611. The molecule has 5 nitrogen and oxygen atoms in total. The molecule has 126 valence electrons. The minimum atomic E-state index is -0.110. The van der Waals surface area contributed by atoms with Gasteiger partial charge in [-0.1, -0.05) is 30.3 Å². The lowest BCUT2D eigenvalue weighted by molar-refractivity contribution is -0.142. The number of nitrogens with zero attached hydrogens (tertiary/aromatic N) is 2. The highest BCUT2D eigenvalue weighted by Gasteiger charge is 2.35. The van der Waals surface area contributed by atoms with Crippen molar-refractivity contribution >= 4 is 5.91 Å². The van der Waals surface area contributed by atoms with Crippen LogP contribution in [0.25, 0.3) is 0 Å². The lowest BCUT2D eigenvalue weighted by Crippen LogP contribution is -2.53. The number of carbonyl (C=O) groups is 1. The fourth-order valence-electron chi connectivity index (χ4n) is 3.50. The van der Waals surface area contributed by atoms with Gasteiger partial charge in [0.05, 0.1) is 0 Å². The molecule has 2 N–H and O–H groups in total. The summed E-state index contributed by atoms with van der Waals surface area (Å²) in [6.07, 6.45) is 2.10. The molecule has 2 unspecified atom stereocenters. The molecule has 0 saturated carbocycles. The Morgan fingerprint density at radius 1 is 0.826 bits per heavy atom. The highest BCUT2D eigenvalue weighted by Crippen LogP contribution is 2.26. The van der Waals surface area contributed by atoms with Crippen LogP contribution in [0, 0.1) is 0 Å². The summed E-state index contributed by atoms with van der Waals surface area (Å²) in [5, 5.41) is 6.92. The molecule has 1 aromatic carbocycles. The van der Waals surface area contributed by atoms with Gasteiger partial charge in [-0.25, -0.2) is 0 Å². The molecule has 3 aliphatic heterocycles. The molecule has 3 heterocycles. The molecule has 0 aliphatic carbocycles. The van der Waals surface area contributed by atoms with Crippen LogP contribution in [-0.2, 0) is 4.79 Å². The SMILES string of the molecule is O=C1C(c2ccccc2)N2CCCNCCNCCCN1CC2. The molecule has 0 aromatic heterocycles. The van der Waals surface area contributed by atoms with Crippen LogP contribution in [0.3, 0.4) is 0 Å². The summed E-state index contributed by atoms with van der Waals surface area (Å²) in [6.45, 7) is 7.67. The van der Waals surface area contributed by atoms with Gasteiger partial charge in [0.2, 0.25) is 5.91 Å². The van der Waals surface area contributed by atoms with Gasteiger partial charge in [-0.3, -0.25) is 9.69 Å². The minimum absolute atomic E-state index is 0.110. The van der Waals surface area contributed by atoms with Gasteiger partial charge in [-0.15, -0.1) is 0 Å². The van der Waals surface area contributed by atoms with E-state index in [1.165, 1.54) is 0 Å². The van der Waals surface area contributed by atoms with Crippen LogP contribution in [0.4, 0.5) is 0 Å². The quantitative estimate of drug-likeness (QED) is 0.806. The smallest absolute Gasteiger partial charge is 0.244 e. The van der Waals surface area contributed by atoms with Gasteiger partial charge in [-0.05, 0) is 31.5 Å².